The normalized spacial score (nSPS) is 21.1. The third-order valence-electron chi connectivity index (χ3n) is 4.34. The number of aromatic nitrogens is 5. The summed E-state index contributed by atoms with van der Waals surface area (Å²) in [5, 5.41) is 8.39. The van der Waals surface area contributed by atoms with Gasteiger partial charge in [-0.15, -0.1) is 5.10 Å². The molecule has 5 nitrogen and oxygen atoms in total. The fourth-order valence-electron chi connectivity index (χ4n) is 2.94. The first kappa shape index (κ1) is 15.5. The van der Waals surface area contributed by atoms with Crippen molar-refractivity contribution >= 4 is 11.6 Å². The second kappa shape index (κ2) is 6.12. The number of allylic oxidation sites excluding steroid dienone is 4. The van der Waals surface area contributed by atoms with Crippen LogP contribution in [0.3, 0.4) is 0 Å². The van der Waals surface area contributed by atoms with Crippen LogP contribution in [0.15, 0.2) is 41.3 Å². The molecule has 2 aliphatic carbocycles. The largest absolute Gasteiger partial charge is 0.329 e. The lowest BCUT2D eigenvalue weighted by atomic mass is 10.0. The van der Waals surface area contributed by atoms with E-state index in [1.165, 1.54) is 18.9 Å². The predicted octanol–water partition coefficient (Wildman–Crippen LogP) is 3.66. The maximum absolute atomic E-state index is 13.0. The summed E-state index contributed by atoms with van der Waals surface area (Å²) in [5.74, 6) is 1.63. The van der Waals surface area contributed by atoms with Crippen LogP contribution in [0.1, 0.15) is 42.7 Å². The van der Waals surface area contributed by atoms with Crippen molar-refractivity contribution in [1.29, 1.82) is 0 Å². The fraction of sp³-hybridized carbons (Fsp3) is 0.438. The molecule has 0 N–H and O–H groups in total. The van der Waals surface area contributed by atoms with E-state index in [2.05, 4.69) is 19.9 Å². The molecule has 1 atom stereocenters. The average molecular weight is 352 g/mol. The molecule has 2 aromatic heterocycles. The van der Waals surface area contributed by atoms with Gasteiger partial charge in [0.1, 0.15) is 11.5 Å². The Morgan fingerprint density at radius 3 is 2.92 bits per heavy atom. The van der Waals surface area contributed by atoms with E-state index in [-0.39, 0.29) is 16.6 Å². The highest BCUT2D eigenvalue weighted by Crippen LogP contribution is 2.39. The van der Waals surface area contributed by atoms with Crippen molar-refractivity contribution in [2.75, 3.05) is 0 Å². The molecule has 0 aliphatic heterocycles. The highest BCUT2D eigenvalue weighted by atomic mass is 35.5. The van der Waals surface area contributed by atoms with Crippen molar-refractivity contribution in [3.8, 4) is 0 Å². The summed E-state index contributed by atoms with van der Waals surface area (Å²) in [4.78, 5) is 4.40. The summed E-state index contributed by atoms with van der Waals surface area (Å²) in [6.07, 6.45) is 8.90. The summed E-state index contributed by atoms with van der Waals surface area (Å²) in [6, 6.07) is -0.288. The second-order valence-corrected chi connectivity index (χ2v) is 6.56. The molecule has 2 aromatic rings. The summed E-state index contributed by atoms with van der Waals surface area (Å²) in [6.45, 7) is 0.584. The number of imidazole rings is 1. The predicted molar refractivity (Wildman–Crippen MR) is 85.0 cm³/mol. The first-order valence-electron chi connectivity index (χ1n) is 7.89. The lowest BCUT2D eigenvalue weighted by Gasteiger charge is -2.18. The van der Waals surface area contributed by atoms with Gasteiger partial charge in [0.25, 0.3) is 6.43 Å². The van der Waals surface area contributed by atoms with Crippen molar-refractivity contribution in [3.63, 3.8) is 0 Å². The van der Waals surface area contributed by atoms with Crippen molar-refractivity contribution in [2.45, 2.75) is 44.2 Å². The van der Waals surface area contributed by atoms with E-state index in [1.807, 2.05) is 6.20 Å². The minimum Gasteiger partial charge on any atom is -0.329 e. The molecule has 4 rings (SSSR count). The van der Waals surface area contributed by atoms with Crippen LogP contribution in [0, 0.1) is 0 Å². The smallest absolute Gasteiger partial charge is 0.265 e. The Morgan fingerprint density at radius 2 is 2.17 bits per heavy atom. The molecule has 8 heteroatoms. The molecule has 2 aliphatic rings. The van der Waals surface area contributed by atoms with Crippen LogP contribution in [0.2, 0.25) is 0 Å². The molecule has 1 saturated carbocycles. The van der Waals surface area contributed by atoms with Crippen molar-refractivity contribution in [3.05, 3.63) is 52.9 Å². The van der Waals surface area contributed by atoms with Crippen LogP contribution in [0.5, 0.6) is 0 Å². The Bertz CT molecular complexity index is 803. The highest BCUT2D eigenvalue weighted by Gasteiger charge is 2.28. The van der Waals surface area contributed by atoms with Gasteiger partial charge in [-0.25, -0.2) is 18.4 Å². The Kier molecular flexibility index (Phi) is 3.96. The zero-order valence-corrected chi connectivity index (χ0v) is 13.6. The van der Waals surface area contributed by atoms with E-state index in [4.69, 9.17) is 11.6 Å². The Labute approximate surface area is 142 Å². The van der Waals surface area contributed by atoms with E-state index >= 15 is 0 Å². The molecule has 2 heterocycles. The summed E-state index contributed by atoms with van der Waals surface area (Å²) in [7, 11) is 0. The van der Waals surface area contributed by atoms with Crippen LogP contribution >= 0.6 is 11.6 Å². The number of rotatable bonds is 5. The molecule has 0 saturated heterocycles. The molecule has 1 fully saturated rings. The van der Waals surface area contributed by atoms with Gasteiger partial charge in [-0.1, -0.05) is 22.9 Å². The molecule has 24 heavy (non-hydrogen) atoms. The minimum atomic E-state index is -2.59. The van der Waals surface area contributed by atoms with Gasteiger partial charge in [0, 0.05) is 28.9 Å². The van der Waals surface area contributed by atoms with Gasteiger partial charge in [-0.3, -0.25) is 0 Å². The van der Waals surface area contributed by atoms with Gasteiger partial charge in [-0.05, 0) is 25.3 Å². The van der Waals surface area contributed by atoms with Crippen LogP contribution in [0.25, 0.3) is 0 Å². The van der Waals surface area contributed by atoms with Crippen LogP contribution < -0.4 is 0 Å². The monoisotopic (exact) mass is 351 g/mol. The summed E-state index contributed by atoms with van der Waals surface area (Å²) < 4.78 is 29.7. The van der Waals surface area contributed by atoms with E-state index in [1.54, 1.807) is 23.2 Å². The van der Waals surface area contributed by atoms with Gasteiger partial charge in [-0.2, -0.15) is 0 Å². The van der Waals surface area contributed by atoms with E-state index in [9.17, 15) is 8.78 Å². The molecule has 0 amide bonds. The van der Waals surface area contributed by atoms with Gasteiger partial charge < -0.3 is 4.57 Å². The average Bonchev–Trinajstić information content (AvgIpc) is 3.12. The van der Waals surface area contributed by atoms with Crippen LogP contribution in [0.4, 0.5) is 8.78 Å². The molecule has 126 valence electrons. The van der Waals surface area contributed by atoms with E-state index < -0.39 is 6.43 Å². The molecular weight excluding hydrogens is 336 g/mol. The summed E-state index contributed by atoms with van der Waals surface area (Å²) >= 11 is 5.84. The maximum atomic E-state index is 13.0. The van der Waals surface area contributed by atoms with Crippen molar-refractivity contribution in [2.24, 2.45) is 0 Å². The number of hydrogen-bond donors (Lipinski definition) is 0. The van der Waals surface area contributed by atoms with Crippen LogP contribution in [-0.2, 0) is 6.54 Å². The zero-order chi connectivity index (χ0) is 16.7. The molecule has 0 bridgehead atoms. The third kappa shape index (κ3) is 3.00. The number of nitrogens with zero attached hydrogens (tertiary/aromatic N) is 5. The highest BCUT2D eigenvalue weighted by molar-refractivity contribution is 6.32. The van der Waals surface area contributed by atoms with Gasteiger partial charge in [0.2, 0.25) is 0 Å². The fourth-order valence-corrected chi connectivity index (χ4v) is 3.17. The van der Waals surface area contributed by atoms with Crippen molar-refractivity contribution in [1.82, 2.24) is 24.5 Å². The minimum absolute atomic E-state index is 0.120. The first-order chi connectivity index (χ1) is 11.6. The van der Waals surface area contributed by atoms with Crippen molar-refractivity contribution < 1.29 is 8.78 Å². The lowest BCUT2D eigenvalue weighted by Crippen LogP contribution is -2.13. The Balaban J connectivity index is 1.52. The zero-order valence-electron chi connectivity index (χ0n) is 12.8. The van der Waals surface area contributed by atoms with Gasteiger partial charge in [0.15, 0.2) is 0 Å². The van der Waals surface area contributed by atoms with Gasteiger partial charge in [0.05, 0.1) is 18.8 Å². The Hall–Kier alpha value is -2.02. The number of alkyl halides is 2. The number of hydrogen-bond acceptors (Lipinski definition) is 3. The molecule has 0 aromatic carbocycles. The lowest BCUT2D eigenvalue weighted by molar-refractivity contribution is 0.191. The summed E-state index contributed by atoms with van der Waals surface area (Å²) in [5.41, 5.74) is 0.637. The number of halogens is 3. The molecule has 0 radical (unpaired) electrons. The van der Waals surface area contributed by atoms with Gasteiger partial charge >= 0.3 is 0 Å². The van der Waals surface area contributed by atoms with E-state index in [0.29, 0.717) is 18.9 Å². The first-order valence-corrected chi connectivity index (χ1v) is 8.27. The van der Waals surface area contributed by atoms with E-state index in [0.717, 1.165) is 11.5 Å². The van der Waals surface area contributed by atoms with Crippen LogP contribution in [-0.4, -0.2) is 31.0 Å². The SMILES string of the molecule is FC(F)C1=CC(n2cc(Cn3ccnc3C3CC3)nn2)CC=C1Cl. The Morgan fingerprint density at radius 1 is 1.33 bits per heavy atom. The quantitative estimate of drug-likeness (QED) is 0.826. The standard InChI is InChI=1S/C16H16ClF2N5/c17-14-4-3-12(7-13(14)15(18)19)24-9-11(21-22-24)8-23-6-5-20-16(23)10-1-2-10/h4-7,9-10,12,15H,1-3,8H2. The molecular formula is C16H16ClF2N5. The maximum Gasteiger partial charge on any atom is 0.265 e. The second-order valence-electron chi connectivity index (χ2n) is 6.16. The molecule has 0 spiro atoms. The topological polar surface area (TPSA) is 48.5 Å². The molecule has 1 unspecified atom stereocenters. The third-order valence-corrected chi connectivity index (χ3v) is 4.71.